The van der Waals surface area contributed by atoms with Crippen LogP contribution in [-0.2, 0) is 0 Å². The molecule has 0 aliphatic carbocycles. The van der Waals surface area contributed by atoms with Crippen molar-refractivity contribution in [3.63, 3.8) is 0 Å². The van der Waals surface area contributed by atoms with E-state index in [4.69, 9.17) is 23.1 Å². The Kier molecular flexibility index (Phi) is 2.95. The van der Waals surface area contributed by atoms with Gasteiger partial charge in [0.05, 0.1) is 10.7 Å². The first-order valence-electron chi connectivity index (χ1n) is 3.90. The molecule has 1 unspecified atom stereocenters. The Bertz CT molecular complexity index is 273. The lowest BCUT2D eigenvalue weighted by atomic mass is 10.0. The van der Waals surface area contributed by atoms with Crippen molar-refractivity contribution >= 4 is 17.3 Å². The van der Waals surface area contributed by atoms with E-state index in [0.29, 0.717) is 23.2 Å². The van der Waals surface area contributed by atoms with Crippen molar-refractivity contribution in [2.45, 2.75) is 12.8 Å². The summed E-state index contributed by atoms with van der Waals surface area (Å²) in [5.74, 6) is 0.338. The molecule has 0 saturated heterocycles. The van der Waals surface area contributed by atoms with Crippen molar-refractivity contribution in [3.8, 4) is 0 Å². The number of rotatable bonds is 2. The molecule has 1 atom stereocenters. The van der Waals surface area contributed by atoms with Crippen LogP contribution in [0.2, 0.25) is 5.02 Å². The smallest absolute Gasteiger partial charge is 0.0635 e. The van der Waals surface area contributed by atoms with E-state index in [-0.39, 0.29) is 0 Å². The molecule has 2 nitrogen and oxygen atoms in total. The number of hydrogen-bond acceptors (Lipinski definition) is 2. The third-order valence-electron chi connectivity index (χ3n) is 1.94. The van der Waals surface area contributed by atoms with Crippen LogP contribution in [0.1, 0.15) is 18.4 Å². The van der Waals surface area contributed by atoms with Crippen LogP contribution >= 0.6 is 11.6 Å². The second-order valence-electron chi connectivity index (χ2n) is 2.92. The molecule has 0 aliphatic rings. The SMILES string of the molecule is CC(CN)c1ccc(Cl)c(N)c1. The van der Waals surface area contributed by atoms with Crippen LogP contribution in [-0.4, -0.2) is 6.54 Å². The van der Waals surface area contributed by atoms with E-state index < -0.39 is 0 Å². The molecule has 0 spiro atoms. The van der Waals surface area contributed by atoms with Gasteiger partial charge in [-0.05, 0) is 30.2 Å². The van der Waals surface area contributed by atoms with Gasteiger partial charge in [0.2, 0.25) is 0 Å². The van der Waals surface area contributed by atoms with Gasteiger partial charge in [-0.25, -0.2) is 0 Å². The van der Waals surface area contributed by atoms with Gasteiger partial charge in [-0.15, -0.1) is 0 Å². The number of benzene rings is 1. The zero-order valence-corrected chi connectivity index (χ0v) is 7.81. The Balaban J connectivity index is 2.96. The van der Waals surface area contributed by atoms with Crippen LogP contribution < -0.4 is 11.5 Å². The molecule has 3 heteroatoms. The number of nitrogen functional groups attached to an aromatic ring is 1. The molecule has 0 aromatic heterocycles. The van der Waals surface area contributed by atoms with Gasteiger partial charge < -0.3 is 11.5 Å². The van der Waals surface area contributed by atoms with Crippen molar-refractivity contribution in [2.24, 2.45) is 5.73 Å². The summed E-state index contributed by atoms with van der Waals surface area (Å²) in [4.78, 5) is 0. The minimum atomic E-state index is 0.338. The van der Waals surface area contributed by atoms with Gasteiger partial charge in [0.1, 0.15) is 0 Å². The van der Waals surface area contributed by atoms with Crippen LogP contribution in [0.15, 0.2) is 18.2 Å². The molecular formula is C9H13ClN2. The molecule has 0 heterocycles. The van der Waals surface area contributed by atoms with Crippen molar-refractivity contribution in [1.29, 1.82) is 0 Å². The van der Waals surface area contributed by atoms with E-state index in [9.17, 15) is 0 Å². The van der Waals surface area contributed by atoms with Crippen LogP contribution in [0.3, 0.4) is 0 Å². The first-order valence-corrected chi connectivity index (χ1v) is 4.28. The first kappa shape index (κ1) is 9.36. The first-order chi connectivity index (χ1) is 5.65. The fourth-order valence-corrected chi connectivity index (χ4v) is 1.12. The molecule has 0 radical (unpaired) electrons. The quantitative estimate of drug-likeness (QED) is 0.691. The zero-order valence-electron chi connectivity index (χ0n) is 7.05. The lowest BCUT2D eigenvalue weighted by Gasteiger charge is -2.09. The summed E-state index contributed by atoms with van der Waals surface area (Å²) in [6, 6.07) is 5.63. The van der Waals surface area contributed by atoms with E-state index >= 15 is 0 Å². The highest BCUT2D eigenvalue weighted by atomic mass is 35.5. The topological polar surface area (TPSA) is 52.0 Å². The van der Waals surface area contributed by atoms with Gasteiger partial charge in [0.25, 0.3) is 0 Å². The standard InChI is InChI=1S/C9H13ClN2/c1-6(5-11)7-2-3-8(10)9(12)4-7/h2-4,6H,5,11-12H2,1H3. The summed E-state index contributed by atoms with van der Waals surface area (Å²) >= 11 is 5.77. The highest BCUT2D eigenvalue weighted by molar-refractivity contribution is 6.33. The largest absolute Gasteiger partial charge is 0.398 e. The minimum Gasteiger partial charge on any atom is -0.398 e. The second-order valence-corrected chi connectivity index (χ2v) is 3.32. The maximum atomic E-state index is 5.77. The molecular weight excluding hydrogens is 172 g/mol. The maximum Gasteiger partial charge on any atom is 0.0635 e. The number of anilines is 1. The van der Waals surface area contributed by atoms with Gasteiger partial charge in [0, 0.05) is 0 Å². The molecule has 0 amide bonds. The highest BCUT2D eigenvalue weighted by Gasteiger charge is 2.04. The predicted octanol–water partition coefficient (Wildman–Crippen LogP) is 1.98. The van der Waals surface area contributed by atoms with Gasteiger partial charge in [0.15, 0.2) is 0 Å². The predicted molar refractivity (Wildman–Crippen MR) is 53.3 cm³/mol. The number of halogens is 1. The Morgan fingerprint density at radius 1 is 1.50 bits per heavy atom. The summed E-state index contributed by atoms with van der Waals surface area (Å²) in [6.45, 7) is 2.68. The molecule has 1 aromatic rings. The van der Waals surface area contributed by atoms with Crippen LogP contribution in [0.4, 0.5) is 5.69 Å². The summed E-state index contributed by atoms with van der Waals surface area (Å²) in [5, 5.41) is 0.600. The lowest BCUT2D eigenvalue weighted by Crippen LogP contribution is -2.09. The van der Waals surface area contributed by atoms with Gasteiger partial charge in [-0.1, -0.05) is 24.6 Å². The van der Waals surface area contributed by atoms with E-state index in [0.717, 1.165) is 5.56 Å². The van der Waals surface area contributed by atoms with Crippen molar-refractivity contribution in [2.75, 3.05) is 12.3 Å². The van der Waals surface area contributed by atoms with Gasteiger partial charge in [-0.3, -0.25) is 0 Å². The Morgan fingerprint density at radius 2 is 2.17 bits per heavy atom. The summed E-state index contributed by atoms with van der Waals surface area (Å²) < 4.78 is 0. The van der Waals surface area contributed by atoms with Crippen LogP contribution in [0.25, 0.3) is 0 Å². The Hall–Kier alpha value is -0.730. The summed E-state index contributed by atoms with van der Waals surface area (Å²) in [7, 11) is 0. The molecule has 0 bridgehead atoms. The lowest BCUT2D eigenvalue weighted by molar-refractivity contribution is 0.774. The van der Waals surface area contributed by atoms with E-state index in [2.05, 4.69) is 6.92 Å². The van der Waals surface area contributed by atoms with Crippen LogP contribution in [0.5, 0.6) is 0 Å². The maximum absolute atomic E-state index is 5.77. The van der Waals surface area contributed by atoms with Gasteiger partial charge >= 0.3 is 0 Å². The third kappa shape index (κ3) is 1.90. The van der Waals surface area contributed by atoms with Crippen molar-refractivity contribution in [1.82, 2.24) is 0 Å². The van der Waals surface area contributed by atoms with E-state index in [1.807, 2.05) is 12.1 Å². The number of hydrogen-bond donors (Lipinski definition) is 2. The average molecular weight is 185 g/mol. The fourth-order valence-electron chi connectivity index (χ4n) is 1.00. The number of nitrogens with two attached hydrogens (primary N) is 2. The molecule has 0 fully saturated rings. The monoisotopic (exact) mass is 184 g/mol. The average Bonchev–Trinajstić information content (AvgIpc) is 2.08. The Labute approximate surface area is 77.5 Å². The third-order valence-corrected chi connectivity index (χ3v) is 2.29. The van der Waals surface area contributed by atoms with Crippen molar-refractivity contribution in [3.05, 3.63) is 28.8 Å². The van der Waals surface area contributed by atoms with Crippen molar-refractivity contribution < 1.29 is 0 Å². The molecule has 66 valence electrons. The van der Waals surface area contributed by atoms with E-state index in [1.165, 1.54) is 0 Å². The highest BCUT2D eigenvalue weighted by Crippen LogP contribution is 2.23. The summed E-state index contributed by atoms with van der Waals surface area (Å²) in [5.41, 5.74) is 12.9. The van der Waals surface area contributed by atoms with Crippen LogP contribution in [0, 0.1) is 0 Å². The normalized spacial score (nSPS) is 12.9. The fraction of sp³-hybridized carbons (Fsp3) is 0.333. The minimum absolute atomic E-state index is 0.338. The molecule has 1 rings (SSSR count). The molecule has 1 aromatic carbocycles. The Morgan fingerprint density at radius 3 is 2.67 bits per heavy atom. The molecule has 0 saturated carbocycles. The molecule has 12 heavy (non-hydrogen) atoms. The second kappa shape index (κ2) is 3.78. The molecule has 4 N–H and O–H groups in total. The van der Waals surface area contributed by atoms with Gasteiger partial charge in [-0.2, -0.15) is 0 Å². The molecule has 0 aliphatic heterocycles. The summed E-state index contributed by atoms with van der Waals surface area (Å²) in [6.07, 6.45) is 0. The van der Waals surface area contributed by atoms with E-state index in [1.54, 1.807) is 6.07 Å². The zero-order chi connectivity index (χ0) is 9.14.